The molecule has 2 unspecified atom stereocenters. The molecular formula is C16H26N4O2. The fourth-order valence-electron chi connectivity index (χ4n) is 2.57. The number of nitrogens with one attached hydrogen (secondary N) is 2. The van der Waals surface area contributed by atoms with E-state index in [0.717, 1.165) is 31.7 Å². The second-order valence-corrected chi connectivity index (χ2v) is 5.80. The lowest BCUT2D eigenvalue weighted by Crippen LogP contribution is -2.45. The van der Waals surface area contributed by atoms with Crippen molar-refractivity contribution in [2.75, 3.05) is 29.9 Å². The zero-order valence-corrected chi connectivity index (χ0v) is 13.6. The van der Waals surface area contributed by atoms with Crippen LogP contribution in [0.5, 0.6) is 0 Å². The molecule has 1 aliphatic heterocycles. The van der Waals surface area contributed by atoms with Gasteiger partial charge < -0.3 is 20.3 Å². The van der Waals surface area contributed by atoms with Gasteiger partial charge in [-0.25, -0.2) is 9.78 Å². The normalized spacial score (nSPS) is 21.5. The third-order valence-electron chi connectivity index (χ3n) is 3.57. The highest BCUT2D eigenvalue weighted by atomic mass is 16.5. The number of pyridine rings is 1. The third-order valence-corrected chi connectivity index (χ3v) is 3.57. The molecule has 1 aromatic heterocycles. The number of morpholine rings is 1. The van der Waals surface area contributed by atoms with Gasteiger partial charge in [0, 0.05) is 19.6 Å². The third kappa shape index (κ3) is 4.87. The molecule has 1 fully saturated rings. The minimum atomic E-state index is -0.184. The molecule has 2 rings (SSSR count). The Morgan fingerprint density at radius 1 is 1.36 bits per heavy atom. The molecule has 2 amide bonds. The Hall–Kier alpha value is -1.82. The van der Waals surface area contributed by atoms with Crippen molar-refractivity contribution in [2.24, 2.45) is 0 Å². The molecule has 2 atom stereocenters. The largest absolute Gasteiger partial charge is 0.372 e. The molecule has 1 aromatic rings. The van der Waals surface area contributed by atoms with Gasteiger partial charge in [0.1, 0.15) is 5.82 Å². The van der Waals surface area contributed by atoms with Crippen LogP contribution >= 0.6 is 0 Å². The number of aromatic nitrogens is 1. The predicted octanol–water partition coefficient (Wildman–Crippen LogP) is 2.62. The zero-order chi connectivity index (χ0) is 15.9. The average Bonchev–Trinajstić information content (AvgIpc) is 2.47. The Balaban J connectivity index is 1.88. The van der Waals surface area contributed by atoms with Crippen molar-refractivity contribution in [1.82, 2.24) is 10.3 Å². The molecule has 122 valence electrons. The summed E-state index contributed by atoms with van der Waals surface area (Å²) in [6, 6.07) is 3.63. The summed E-state index contributed by atoms with van der Waals surface area (Å²) >= 11 is 0. The molecule has 0 saturated carbocycles. The zero-order valence-electron chi connectivity index (χ0n) is 13.6. The van der Waals surface area contributed by atoms with Crippen molar-refractivity contribution in [3.05, 3.63) is 18.3 Å². The lowest BCUT2D eigenvalue weighted by atomic mass is 10.2. The first kappa shape index (κ1) is 16.5. The van der Waals surface area contributed by atoms with Gasteiger partial charge in [-0.3, -0.25) is 0 Å². The molecule has 2 heterocycles. The van der Waals surface area contributed by atoms with E-state index in [4.69, 9.17) is 4.74 Å². The van der Waals surface area contributed by atoms with Gasteiger partial charge >= 0.3 is 6.03 Å². The van der Waals surface area contributed by atoms with Crippen molar-refractivity contribution >= 4 is 17.5 Å². The first-order valence-electron chi connectivity index (χ1n) is 7.99. The monoisotopic (exact) mass is 306 g/mol. The number of amides is 2. The number of hydrogen-bond acceptors (Lipinski definition) is 4. The van der Waals surface area contributed by atoms with Crippen LogP contribution in [0.2, 0.25) is 0 Å². The fourth-order valence-corrected chi connectivity index (χ4v) is 2.57. The number of anilines is 2. The SMILES string of the molecule is CCCCNC(=O)Nc1ccc(N2CC(C)OC(C)C2)nc1. The molecule has 0 radical (unpaired) electrons. The van der Waals surface area contributed by atoms with E-state index < -0.39 is 0 Å². The van der Waals surface area contributed by atoms with Gasteiger partial charge in [0.05, 0.1) is 24.1 Å². The van der Waals surface area contributed by atoms with E-state index in [0.29, 0.717) is 12.2 Å². The minimum absolute atomic E-state index is 0.184. The molecule has 0 aromatic carbocycles. The number of rotatable bonds is 5. The maximum absolute atomic E-state index is 11.7. The molecule has 0 bridgehead atoms. The standard InChI is InChI=1S/C16H26N4O2/c1-4-5-8-17-16(21)19-14-6-7-15(18-9-14)20-10-12(2)22-13(3)11-20/h6-7,9,12-13H,4-5,8,10-11H2,1-3H3,(H2,17,19,21). The Kier molecular flexibility index (Phi) is 6.00. The van der Waals surface area contributed by atoms with Crippen LogP contribution in [0, 0.1) is 0 Å². The van der Waals surface area contributed by atoms with E-state index >= 15 is 0 Å². The van der Waals surface area contributed by atoms with Crippen molar-refractivity contribution in [3.8, 4) is 0 Å². The summed E-state index contributed by atoms with van der Waals surface area (Å²) in [6.45, 7) is 8.59. The van der Waals surface area contributed by atoms with Crippen LogP contribution in [-0.2, 0) is 4.74 Å². The average molecular weight is 306 g/mol. The van der Waals surface area contributed by atoms with Crippen molar-refractivity contribution in [3.63, 3.8) is 0 Å². The van der Waals surface area contributed by atoms with Crippen molar-refractivity contribution in [2.45, 2.75) is 45.8 Å². The quantitative estimate of drug-likeness (QED) is 0.821. The summed E-state index contributed by atoms with van der Waals surface area (Å²) in [5, 5.41) is 5.61. The van der Waals surface area contributed by atoms with Gasteiger partial charge in [0.15, 0.2) is 0 Å². The Morgan fingerprint density at radius 2 is 2.09 bits per heavy atom. The van der Waals surface area contributed by atoms with Gasteiger partial charge in [-0.15, -0.1) is 0 Å². The van der Waals surface area contributed by atoms with E-state index in [1.54, 1.807) is 6.20 Å². The van der Waals surface area contributed by atoms with Crippen LogP contribution in [0.25, 0.3) is 0 Å². The molecule has 6 nitrogen and oxygen atoms in total. The molecule has 1 saturated heterocycles. The number of ether oxygens (including phenoxy) is 1. The van der Waals surface area contributed by atoms with Gasteiger partial charge in [0.2, 0.25) is 0 Å². The maximum atomic E-state index is 11.7. The molecule has 2 N–H and O–H groups in total. The second kappa shape index (κ2) is 7.98. The highest BCUT2D eigenvalue weighted by Crippen LogP contribution is 2.19. The highest BCUT2D eigenvalue weighted by Gasteiger charge is 2.22. The lowest BCUT2D eigenvalue weighted by Gasteiger charge is -2.36. The maximum Gasteiger partial charge on any atom is 0.319 e. The molecule has 0 spiro atoms. The van der Waals surface area contributed by atoms with Gasteiger partial charge in [-0.2, -0.15) is 0 Å². The summed E-state index contributed by atoms with van der Waals surface area (Å²) in [4.78, 5) is 18.3. The number of carbonyl (C=O) groups excluding carboxylic acids is 1. The van der Waals surface area contributed by atoms with Crippen LogP contribution in [0.1, 0.15) is 33.6 Å². The summed E-state index contributed by atoms with van der Waals surface area (Å²) in [6.07, 6.45) is 4.14. The highest BCUT2D eigenvalue weighted by molar-refractivity contribution is 5.89. The van der Waals surface area contributed by atoms with Crippen LogP contribution in [0.4, 0.5) is 16.3 Å². The van der Waals surface area contributed by atoms with E-state index in [2.05, 4.69) is 41.3 Å². The minimum Gasteiger partial charge on any atom is -0.372 e. The molecule has 22 heavy (non-hydrogen) atoms. The van der Waals surface area contributed by atoms with Gasteiger partial charge in [0.25, 0.3) is 0 Å². The smallest absolute Gasteiger partial charge is 0.319 e. The molecule has 1 aliphatic rings. The first-order valence-corrected chi connectivity index (χ1v) is 7.99. The van der Waals surface area contributed by atoms with E-state index in [-0.39, 0.29) is 18.2 Å². The van der Waals surface area contributed by atoms with Crippen LogP contribution in [0.15, 0.2) is 18.3 Å². The topological polar surface area (TPSA) is 66.5 Å². The van der Waals surface area contributed by atoms with Gasteiger partial charge in [-0.05, 0) is 32.4 Å². The van der Waals surface area contributed by atoms with E-state index in [1.165, 1.54) is 0 Å². The number of hydrogen-bond donors (Lipinski definition) is 2. The van der Waals surface area contributed by atoms with Crippen LogP contribution in [-0.4, -0.2) is 42.9 Å². The summed E-state index contributed by atoms with van der Waals surface area (Å²) < 4.78 is 5.73. The van der Waals surface area contributed by atoms with E-state index in [1.807, 2.05) is 12.1 Å². The van der Waals surface area contributed by atoms with Crippen molar-refractivity contribution in [1.29, 1.82) is 0 Å². The van der Waals surface area contributed by atoms with Gasteiger partial charge in [-0.1, -0.05) is 13.3 Å². The first-order chi connectivity index (χ1) is 10.6. The number of unbranched alkanes of at least 4 members (excludes halogenated alkanes) is 1. The van der Waals surface area contributed by atoms with Crippen molar-refractivity contribution < 1.29 is 9.53 Å². The Labute approximate surface area is 132 Å². The summed E-state index contributed by atoms with van der Waals surface area (Å²) in [5.41, 5.74) is 0.701. The Morgan fingerprint density at radius 3 is 2.68 bits per heavy atom. The predicted molar refractivity (Wildman–Crippen MR) is 88.4 cm³/mol. The summed E-state index contributed by atoms with van der Waals surface area (Å²) in [5.74, 6) is 0.916. The van der Waals surface area contributed by atoms with Crippen LogP contribution < -0.4 is 15.5 Å². The molecule has 0 aliphatic carbocycles. The lowest BCUT2D eigenvalue weighted by molar-refractivity contribution is -0.00545. The van der Waals surface area contributed by atoms with Crippen LogP contribution in [0.3, 0.4) is 0 Å². The number of urea groups is 1. The Bertz CT molecular complexity index is 468. The number of nitrogens with zero attached hydrogens (tertiary/aromatic N) is 2. The second-order valence-electron chi connectivity index (χ2n) is 5.80. The number of carbonyl (C=O) groups is 1. The molecular weight excluding hydrogens is 280 g/mol. The summed E-state index contributed by atoms with van der Waals surface area (Å²) in [7, 11) is 0. The fraction of sp³-hybridized carbons (Fsp3) is 0.625. The van der Waals surface area contributed by atoms with E-state index in [9.17, 15) is 4.79 Å². The molecule has 6 heteroatoms.